The van der Waals surface area contributed by atoms with E-state index in [1.54, 1.807) is 24.3 Å². The van der Waals surface area contributed by atoms with Gasteiger partial charge in [-0.2, -0.15) is 0 Å². The van der Waals surface area contributed by atoms with E-state index in [2.05, 4.69) is 12.2 Å². The van der Waals surface area contributed by atoms with Crippen molar-refractivity contribution in [2.24, 2.45) is 0 Å². The third-order valence-electron chi connectivity index (χ3n) is 4.57. The minimum Gasteiger partial charge on any atom is -0.374 e. The summed E-state index contributed by atoms with van der Waals surface area (Å²) in [5.74, 6) is -1.68. The van der Waals surface area contributed by atoms with Crippen molar-refractivity contribution in [3.05, 3.63) is 47.5 Å². The lowest BCUT2D eigenvalue weighted by atomic mass is 10.0. The summed E-state index contributed by atoms with van der Waals surface area (Å²) >= 11 is 0. The molecule has 1 fully saturated rings. The topological polar surface area (TPSA) is 72.9 Å². The Labute approximate surface area is 152 Å². The van der Waals surface area contributed by atoms with Crippen molar-refractivity contribution in [3.63, 3.8) is 0 Å². The molecular weight excluding hydrogens is 334 g/mol. The molecule has 0 N–H and O–H groups in total. The van der Waals surface area contributed by atoms with Gasteiger partial charge in [0.05, 0.1) is 18.3 Å². The molecule has 1 aliphatic carbocycles. The Bertz CT molecular complexity index is 679. The van der Waals surface area contributed by atoms with Crippen molar-refractivity contribution < 1.29 is 24.0 Å². The third kappa shape index (κ3) is 4.79. The van der Waals surface area contributed by atoms with Crippen LogP contribution in [0.25, 0.3) is 0 Å². The molecule has 2 amide bonds. The second-order valence-corrected chi connectivity index (χ2v) is 6.57. The highest BCUT2D eigenvalue weighted by molar-refractivity contribution is 6.02. The van der Waals surface area contributed by atoms with Crippen molar-refractivity contribution in [3.8, 4) is 0 Å². The Morgan fingerprint density at radius 1 is 1.00 bits per heavy atom. The van der Waals surface area contributed by atoms with E-state index in [0.717, 1.165) is 37.7 Å². The summed E-state index contributed by atoms with van der Waals surface area (Å²) in [5, 5.41) is 0.558. The Balaban J connectivity index is 1.51. The molecule has 26 heavy (non-hydrogen) atoms. The van der Waals surface area contributed by atoms with E-state index in [-0.39, 0.29) is 24.5 Å². The number of benzene rings is 1. The normalized spacial score (nSPS) is 22.0. The maximum Gasteiger partial charge on any atom is 0.363 e. The standard InChI is InChI=1S/C20H23NO5/c22-18-12-13-19(23)21(18)26-20(24)16-10-8-15(9-11-16)14-25-17-6-4-2-1-3-5-7-17/h1-2,8-11,17H,3-7,12-14H2/b2-1+. The van der Waals surface area contributed by atoms with E-state index in [9.17, 15) is 14.4 Å². The number of hydrogen-bond acceptors (Lipinski definition) is 5. The molecule has 3 rings (SSSR count). The van der Waals surface area contributed by atoms with Gasteiger partial charge in [-0.15, -0.1) is 5.06 Å². The van der Waals surface area contributed by atoms with Gasteiger partial charge >= 0.3 is 5.97 Å². The van der Waals surface area contributed by atoms with Crippen LogP contribution < -0.4 is 0 Å². The van der Waals surface area contributed by atoms with E-state index in [1.165, 1.54) is 0 Å². The van der Waals surface area contributed by atoms with E-state index >= 15 is 0 Å². The number of carbonyl (C=O) groups is 3. The summed E-state index contributed by atoms with van der Waals surface area (Å²) < 4.78 is 5.99. The van der Waals surface area contributed by atoms with Gasteiger partial charge in [0.15, 0.2) is 0 Å². The molecule has 1 unspecified atom stereocenters. The van der Waals surface area contributed by atoms with Gasteiger partial charge in [-0.05, 0) is 49.8 Å². The molecule has 0 spiro atoms. The fourth-order valence-electron chi connectivity index (χ4n) is 3.04. The minimum atomic E-state index is -0.715. The fourth-order valence-corrected chi connectivity index (χ4v) is 3.04. The third-order valence-corrected chi connectivity index (χ3v) is 4.57. The lowest BCUT2D eigenvalue weighted by Gasteiger charge is -2.18. The van der Waals surface area contributed by atoms with Crippen LogP contribution in [0, 0.1) is 0 Å². The zero-order chi connectivity index (χ0) is 18.4. The maximum absolute atomic E-state index is 12.1. The van der Waals surface area contributed by atoms with Crippen molar-refractivity contribution >= 4 is 17.8 Å². The van der Waals surface area contributed by atoms with Crippen LogP contribution in [0.15, 0.2) is 36.4 Å². The molecule has 0 saturated carbocycles. The van der Waals surface area contributed by atoms with Crippen molar-refractivity contribution in [1.29, 1.82) is 0 Å². The first-order valence-electron chi connectivity index (χ1n) is 9.07. The first-order chi connectivity index (χ1) is 12.6. The molecule has 0 aromatic heterocycles. The largest absolute Gasteiger partial charge is 0.374 e. The molecule has 1 aliphatic heterocycles. The quantitative estimate of drug-likeness (QED) is 0.597. The number of allylic oxidation sites excluding steroid dienone is 2. The van der Waals surface area contributed by atoms with Gasteiger partial charge in [-0.25, -0.2) is 4.79 Å². The van der Waals surface area contributed by atoms with E-state index in [1.807, 2.05) is 0 Å². The predicted octanol–water partition coefficient (Wildman–Crippen LogP) is 3.31. The van der Waals surface area contributed by atoms with Crippen molar-refractivity contribution in [2.75, 3.05) is 0 Å². The number of imide groups is 1. The first kappa shape index (κ1) is 18.3. The number of nitrogens with zero attached hydrogens (tertiary/aromatic N) is 1. The summed E-state index contributed by atoms with van der Waals surface area (Å²) in [5.41, 5.74) is 1.25. The Kier molecular flexibility index (Phi) is 6.17. The zero-order valence-corrected chi connectivity index (χ0v) is 14.7. The molecule has 1 heterocycles. The van der Waals surface area contributed by atoms with Crippen LogP contribution in [-0.4, -0.2) is 29.0 Å². The Morgan fingerprint density at radius 3 is 2.42 bits per heavy atom. The van der Waals surface area contributed by atoms with Gasteiger partial charge in [-0.3, -0.25) is 9.59 Å². The summed E-state index contributed by atoms with van der Waals surface area (Å²) in [7, 11) is 0. The van der Waals surface area contributed by atoms with Gasteiger partial charge in [0.25, 0.3) is 11.8 Å². The Morgan fingerprint density at radius 2 is 1.69 bits per heavy atom. The lowest BCUT2D eigenvalue weighted by Crippen LogP contribution is -2.32. The highest BCUT2D eigenvalue weighted by atomic mass is 16.7. The minimum absolute atomic E-state index is 0.0827. The molecular formula is C20H23NO5. The fraction of sp³-hybridized carbons (Fsp3) is 0.450. The number of amides is 2. The average molecular weight is 357 g/mol. The van der Waals surface area contributed by atoms with E-state index < -0.39 is 17.8 Å². The van der Waals surface area contributed by atoms with Gasteiger partial charge in [0, 0.05) is 12.8 Å². The maximum atomic E-state index is 12.1. The van der Waals surface area contributed by atoms with Crippen LogP contribution in [-0.2, 0) is 25.8 Å². The van der Waals surface area contributed by atoms with Crippen LogP contribution in [0.1, 0.15) is 60.9 Å². The monoisotopic (exact) mass is 357 g/mol. The smallest absolute Gasteiger partial charge is 0.363 e. The van der Waals surface area contributed by atoms with Gasteiger partial charge < -0.3 is 9.57 Å². The molecule has 0 bridgehead atoms. The Hall–Kier alpha value is -2.47. The summed E-state index contributed by atoms with van der Waals surface area (Å²) in [6.45, 7) is 0.493. The summed E-state index contributed by atoms with van der Waals surface area (Å²) in [6, 6.07) is 6.83. The molecule has 1 aromatic rings. The molecule has 1 saturated heterocycles. The second-order valence-electron chi connectivity index (χ2n) is 6.57. The van der Waals surface area contributed by atoms with Crippen LogP contribution in [0.4, 0.5) is 0 Å². The van der Waals surface area contributed by atoms with E-state index in [0.29, 0.717) is 11.7 Å². The molecule has 0 radical (unpaired) electrons. The number of carbonyl (C=O) groups excluding carboxylic acids is 3. The van der Waals surface area contributed by atoms with Gasteiger partial charge in [-0.1, -0.05) is 24.3 Å². The highest BCUT2D eigenvalue weighted by Gasteiger charge is 2.33. The SMILES string of the molecule is O=C(ON1C(=O)CCC1=O)c1ccc(COC2CC/C=C/CCC2)cc1. The first-order valence-corrected chi connectivity index (χ1v) is 9.07. The predicted molar refractivity (Wildman–Crippen MR) is 93.7 cm³/mol. The summed E-state index contributed by atoms with van der Waals surface area (Å²) in [4.78, 5) is 40.0. The zero-order valence-electron chi connectivity index (χ0n) is 14.7. The van der Waals surface area contributed by atoms with Crippen LogP contribution in [0.2, 0.25) is 0 Å². The lowest BCUT2D eigenvalue weighted by molar-refractivity contribution is -0.172. The molecule has 138 valence electrons. The van der Waals surface area contributed by atoms with Crippen LogP contribution in [0.3, 0.4) is 0 Å². The molecule has 1 aromatic carbocycles. The van der Waals surface area contributed by atoms with Crippen molar-refractivity contribution in [2.45, 2.75) is 57.7 Å². The number of hydrogen-bond donors (Lipinski definition) is 0. The van der Waals surface area contributed by atoms with Crippen LogP contribution in [0.5, 0.6) is 0 Å². The molecule has 2 aliphatic rings. The average Bonchev–Trinajstić information content (AvgIpc) is 2.93. The van der Waals surface area contributed by atoms with E-state index in [4.69, 9.17) is 9.57 Å². The second kappa shape index (κ2) is 8.76. The molecule has 6 heteroatoms. The molecule has 1 atom stereocenters. The molecule has 6 nitrogen and oxygen atoms in total. The highest BCUT2D eigenvalue weighted by Crippen LogP contribution is 2.18. The number of rotatable bonds is 5. The van der Waals surface area contributed by atoms with Crippen LogP contribution >= 0.6 is 0 Å². The summed E-state index contributed by atoms with van der Waals surface area (Å²) in [6.07, 6.45) is 10.3. The van der Waals surface area contributed by atoms with Crippen molar-refractivity contribution in [1.82, 2.24) is 5.06 Å². The van der Waals surface area contributed by atoms with Gasteiger partial charge in [0.2, 0.25) is 0 Å². The number of ether oxygens (including phenoxy) is 1. The number of hydroxylamine groups is 2. The van der Waals surface area contributed by atoms with Gasteiger partial charge in [0.1, 0.15) is 0 Å².